The highest BCUT2D eigenvalue weighted by Crippen LogP contribution is 2.32. The number of aryl methyl sites for hydroxylation is 2. The lowest BCUT2D eigenvalue weighted by Crippen LogP contribution is -2.11. The number of fused-ring (bicyclic) bond motifs is 1. The van der Waals surface area contributed by atoms with Crippen LogP contribution in [0.4, 0.5) is 0 Å². The van der Waals surface area contributed by atoms with Crippen LogP contribution in [-0.4, -0.2) is 37.3 Å². The topological polar surface area (TPSA) is 56.3 Å². The monoisotopic (exact) mass is 275 g/mol. The van der Waals surface area contributed by atoms with Gasteiger partial charge in [0.25, 0.3) is 0 Å². The second-order valence-corrected chi connectivity index (χ2v) is 4.68. The van der Waals surface area contributed by atoms with Crippen molar-refractivity contribution in [3.63, 3.8) is 0 Å². The van der Waals surface area contributed by atoms with Crippen molar-refractivity contribution >= 4 is 10.9 Å². The van der Waals surface area contributed by atoms with E-state index in [0.717, 1.165) is 46.9 Å². The molecule has 0 saturated carbocycles. The van der Waals surface area contributed by atoms with Crippen LogP contribution in [-0.2, 0) is 0 Å². The largest absolute Gasteiger partial charge is 0.493 e. The maximum atomic E-state index is 5.79. The molecule has 0 unspecified atom stereocenters. The van der Waals surface area contributed by atoms with Gasteiger partial charge in [-0.05, 0) is 39.9 Å². The van der Waals surface area contributed by atoms with Crippen molar-refractivity contribution in [1.82, 2.24) is 15.3 Å². The van der Waals surface area contributed by atoms with Crippen molar-refractivity contribution in [2.45, 2.75) is 20.3 Å². The summed E-state index contributed by atoms with van der Waals surface area (Å²) in [4.78, 5) is 8.84. The summed E-state index contributed by atoms with van der Waals surface area (Å²) < 4.78 is 11.2. The van der Waals surface area contributed by atoms with Gasteiger partial charge in [-0.15, -0.1) is 0 Å². The van der Waals surface area contributed by atoms with Crippen LogP contribution in [0.15, 0.2) is 12.1 Å². The van der Waals surface area contributed by atoms with Crippen molar-refractivity contribution in [2.75, 3.05) is 27.3 Å². The quantitative estimate of drug-likeness (QED) is 0.819. The molecule has 0 saturated heterocycles. The van der Waals surface area contributed by atoms with Gasteiger partial charge in [-0.25, -0.2) is 9.97 Å². The normalized spacial score (nSPS) is 10.8. The molecule has 5 heteroatoms. The third-order valence-corrected chi connectivity index (χ3v) is 3.11. The molecule has 0 radical (unpaired) electrons. The third kappa shape index (κ3) is 3.17. The van der Waals surface area contributed by atoms with Gasteiger partial charge in [-0.3, -0.25) is 0 Å². The number of hydrogen-bond acceptors (Lipinski definition) is 5. The molecule has 2 rings (SSSR count). The Bertz CT molecular complexity index is 599. The molecule has 1 aromatic heterocycles. The van der Waals surface area contributed by atoms with Crippen molar-refractivity contribution in [1.29, 1.82) is 0 Å². The SMILES string of the molecule is CNCCCOc1cc2nc(C)nc(C)c2cc1OC. The van der Waals surface area contributed by atoms with Gasteiger partial charge in [0.15, 0.2) is 11.5 Å². The van der Waals surface area contributed by atoms with Crippen LogP contribution >= 0.6 is 0 Å². The Morgan fingerprint density at radius 1 is 1.15 bits per heavy atom. The minimum atomic E-state index is 0.645. The minimum absolute atomic E-state index is 0.645. The summed E-state index contributed by atoms with van der Waals surface area (Å²) >= 11 is 0. The second kappa shape index (κ2) is 6.52. The Morgan fingerprint density at radius 2 is 1.95 bits per heavy atom. The molecule has 5 nitrogen and oxygen atoms in total. The lowest BCUT2D eigenvalue weighted by atomic mass is 10.1. The first kappa shape index (κ1) is 14.5. The fourth-order valence-electron chi connectivity index (χ4n) is 2.14. The predicted octanol–water partition coefficient (Wildman–Crippen LogP) is 2.24. The van der Waals surface area contributed by atoms with Gasteiger partial charge in [-0.2, -0.15) is 0 Å². The molecule has 0 amide bonds. The first-order valence-electron chi connectivity index (χ1n) is 6.76. The number of hydrogen-bond donors (Lipinski definition) is 1. The summed E-state index contributed by atoms with van der Waals surface area (Å²) in [6, 6.07) is 3.87. The Morgan fingerprint density at radius 3 is 2.65 bits per heavy atom. The fourth-order valence-corrected chi connectivity index (χ4v) is 2.14. The summed E-state index contributed by atoms with van der Waals surface area (Å²) in [5.41, 5.74) is 1.84. The van der Waals surface area contributed by atoms with Gasteiger partial charge >= 0.3 is 0 Å². The van der Waals surface area contributed by atoms with E-state index in [4.69, 9.17) is 9.47 Å². The number of nitrogens with one attached hydrogen (secondary N) is 1. The first-order chi connectivity index (χ1) is 9.65. The van der Waals surface area contributed by atoms with Gasteiger partial charge in [-0.1, -0.05) is 0 Å². The molecule has 0 atom stereocenters. The minimum Gasteiger partial charge on any atom is -0.493 e. The van der Waals surface area contributed by atoms with Gasteiger partial charge < -0.3 is 14.8 Å². The maximum absolute atomic E-state index is 5.79. The summed E-state index contributed by atoms with van der Waals surface area (Å²) in [6.45, 7) is 5.44. The zero-order chi connectivity index (χ0) is 14.5. The average Bonchev–Trinajstić information content (AvgIpc) is 2.42. The van der Waals surface area contributed by atoms with E-state index in [9.17, 15) is 0 Å². The summed E-state index contributed by atoms with van der Waals surface area (Å²) in [5, 5.41) is 4.09. The second-order valence-electron chi connectivity index (χ2n) is 4.68. The summed E-state index contributed by atoms with van der Waals surface area (Å²) in [7, 11) is 3.57. The zero-order valence-electron chi connectivity index (χ0n) is 12.5. The van der Waals surface area contributed by atoms with Crippen LogP contribution in [0, 0.1) is 13.8 Å². The molecule has 0 aliphatic carbocycles. The maximum Gasteiger partial charge on any atom is 0.163 e. The molecule has 1 N–H and O–H groups in total. The number of ether oxygens (including phenoxy) is 2. The van der Waals surface area contributed by atoms with Gasteiger partial charge in [0.05, 0.1) is 19.2 Å². The van der Waals surface area contributed by atoms with Crippen molar-refractivity contribution in [3.05, 3.63) is 23.7 Å². The van der Waals surface area contributed by atoms with E-state index in [2.05, 4.69) is 15.3 Å². The smallest absolute Gasteiger partial charge is 0.163 e. The Kier molecular flexibility index (Phi) is 4.74. The molecular formula is C15H21N3O2. The number of methoxy groups -OCH3 is 1. The average molecular weight is 275 g/mol. The molecule has 108 valence electrons. The van der Waals surface area contributed by atoms with Crippen LogP contribution in [0.1, 0.15) is 17.9 Å². The van der Waals surface area contributed by atoms with E-state index >= 15 is 0 Å². The first-order valence-corrected chi connectivity index (χ1v) is 6.76. The number of aromatic nitrogens is 2. The van der Waals surface area contributed by atoms with E-state index in [1.807, 2.05) is 33.0 Å². The van der Waals surface area contributed by atoms with Gasteiger partial charge in [0.1, 0.15) is 5.82 Å². The van der Waals surface area contributed by atoms with E-state index in [-0.39, 0.29) is 0 Å². The van der Waals surface area contributed by atoms with Crippen molar-refractivity contribution < 1.29 is 9.47 Å². The van der Waals surface area contributed by atoms with Crippen LogP contribution in [0.25, 0.3) is 10.9 Å². The molecule has 1 heterocycles. The Balaban J connectivity index is 2.33. The third-order valence-electron chi connectivity index (χ3n) is 3.11. The van der Waals surface area contributed by atoms with Gasteiger partial charge in [0.2, 0.25) is 0 Å². The number of benzene rings is 1. The number of nitrogens with zero attached hydrogens (tertiary/aromatic N) is 2. The molecule has 20 heavy (non-hydrogen) atoms. The van der Waals surface area contributed by atoms with Crippen LogP contribution < -0.4 is 14.8 Å². The molecule has 1 aromatic carbocycles. The lowest BCUT2D eigenvalue weighted by Gasteiger charge is -2.12. The Labute approximate surface area is 119 Å². The molecule has 0 bridgehead atoms. The predicted molar refractivity (Wildman–Crippen MR) is 79.6 cm³/mol. The molecule has 0 fully saturated rings. The fraction of sp³-hybridized carbons (Fsp3) is 0.467. The van der Waals surface area contributed by atoms with Crippen molar-refractivity contribution in [3.8, 4) is 11.5 Å². The standard InChI is InChI=1S/C15H21N3O2/c1-10-12-8-14(19-4)15(20-7-5-6-16-3)9-13(12)18-11(2)17-10/h8-9,16H,5-7H2,1-4H3. The van der Waals surface area contributed by atoms with Crippen molar-refractivity contribution in [2.24, 2.45) is 0 Å². The van der Waals surface area contributed by atoms with E-state index in [1.165, 1.54) is 0 Å². The summed E-state index contributed by atoms with van der Waals surface area (Å²) in [5.74, 6) is 2.22. The summed E-state index contributed by atoms with van der Waals surface area (Å²) in [6.07, 6.45) is 0.944. The Hall–Kier alpha value is -1.88. The molecular weight excluding hydrogens is 254 g/mol. The highest BCUT2D eigenvalue weighted by molar-refractivity contribution is 5.84. The van der Waals surface area contributed by atoms with Gasteiger partial charge in [0, 0.05) is 17.1 Å². The van der Waals surface area contributed by atoms with E-state index < -0.39 is 0 Å². The highest BCUT2D eigenvalue weighted by atomic mass is 16.5. The van der Waals surface area contributed by atoms with E-state index in [0.29, 0.717) is 6.61 Å². The van der Waals surface area contributed by atoms with Crippen LogP contribution in [0.2, 0.25) is 0 Å². The van der Waals surface area contributed by atoms with E-state index in [1.54, 1.807) is 7.11 Å². The highest BCUT2D eigenvalue weighted by Gasteiger charge is 2.10. The zero-order valence-corrected chi connectivity index (χ0v) is 12.5. The molecule has 0 aliphatic heterocycles. The van der Waals surface area contributed by atoms with Crippen LogP contribution in [0.5, 0.6) is 11.5 Å². The lowest BCUT2D eigenvalue weighted by molar-refractivity contribution is 0.289. The number of rotatable bonds is 6. The molecule has 0 aliphatic rings. The molecule has 2 aromatic rings. The van der Waals surface area contributed by atoms with Crippen LogP contribution in [0.3, 0.4) is 0 Å². The molecule has 0 spiro atoms.